The summed E-state index contributed by atoms with van der Waals surface area (Å²) in [5.41, 5.74) is 2.19. The first-order chi connectivity index (χ1) is 9.45. The van der Waals surface area contributed by atoms with Gasteiger partial charge in [-0.1, -0.05) is 6.92 Å². The zero-order valence-corrected chi connectivity index (χ0v) is 13.3. The van der Waals surface area contributed by atoms with Gasteiger partial charge in [-0.3, -0.25) is 4.98 Å². The Balaban J connectivity index is 2.13. The number of nitrogens with zero attached hydrogens (tertiary/aromatic N) is 2. The predicted octanol–water partition coefficient (Wildman–Crippen LogP) is 2.76. The van der Waals surface area contributed by atoms with Crippen molar-refractivity contribution in [1.29, 1.82) is 0 Å². The molecule has 0 saturated carbocycles. The summed E-state index contributed by atoms with van der Waals surface area (Å²) in [6.45, 7) is 10.4. The number of morpholine rings is 1. The van der Waals surface area contributed by atoms with Gasteiger partial charge in [-0.05, 0) is 46.4 Å². The fourth-order valence-corrected chi connectivity index (χ4v) is 3.00. The number of hydrogen-bond acceptors (Lipinski definition) is 4. The van der Waals surface area contributed by atoms with Gasteiger partial charge in [0.1, 0.15) is 0 Å². The minimum Gasteiger partial charge on any atom is -0.369 e. The molecule has 4 heteroatoms. The minimum atomic E-state index is -0.104. The van der Waals surface area contributed by atoms with Crippen molar-refractivity contribution in [2.75, 3.05) is 25.0 Å². The molecule has 0 radical (unpaired) electrons. The van der Waals surface area contributed by atoms with E-state index in [2.05, 4.69) is 55.0 Å². The maximum atomic E-state index is 5.95. The molecule has 1 aliphatic rings. The van der Waals surface area contributed by atoms with E-state index < -0.39 is 0 Å². The molecule has 0 aromatic carbocycles. The Morgan fingerprint density at radius 3 is 2.75 bits per heavy atom. The maximum absolute atomic E-state index is 5.95. The molecular formula is C16H27N3O. The van der Waals surface area contributed by atoms with E-state index in [0.29, 0.717) is 6.04 Å². The van der Waals surface area contributed by atoms with Gasteiger partial charge in [-0.15, -0.1) is 0 Å². The average Bonchev–Trinajstić information content (AvgIpc) is 2.38. The van der Waals surface area contributed by atoms with Crippen molar-refractivity contribution in [2.45, 2.75) is 51.9 Å². The number of ether oxygens (including phenoxy) is 1. The van der Waals surface area contributed by atoms with Crippen LogP contribution in [0.5, 0.6) is 0 Å². The fraction of sp³-hybridized carbons (Fsp3) is 0.688. The lowest BCUT2D eigenvalue weighted by atomic mass is 10.0. The summed E-state index contributed by atoms with van der Waals surface area (Å²) < 4.78 is 5.95. The highest BCUT2D eigenvalue weighted by Gasteiger charge is 2.31. The molecule has 4 nitrogen and oxygen atoms in total. The van der Waals surface area contributed by atoms with Gasteiger partial charge in [0.2, 0.25) is 0 Å². The molecule has 1 saturated heterocycles. The van der Waals surface area contributed by atoms with Crippen molar-refractivity contribution in [2.24, 2.45) is 0 Å². The number of pyridine rings is 1. The Bertz CT molecular complexity index is 426. The van der Waals surface area contributed by atoms with E-state index in [4.69, 9.17) is 4.74 Å². The summed E-state index contributed by atoms with van der Waals surface area (Å²) in [6.07, 6.45) is 3.28. The zero-order chi connectivity index (χ0) is 14.8. The Hall–Kier alpha value is -1.13. The topological polar surface area (TPSA) is 37.4 Å². The second-order valence-electron chi connectivity index (χ2n) is 6.26. The molecule has 1 aliphatic heterocycles. The Morgan fingerprint density at radius 2 is 2.25 bits per heavy atom. The van der Waals surface area contributed by atoms with Gasteiger partial charge in [0, 0.05) is 19.1 Å². The van der Waals surface area contributed by atoms with Gasteiger partial charge in [0.15, 0.2) is 0 Å². The molecule has 2 rings (SSSR count). The molecule has 1 aromatic rings. The normalized spacial score (nSPS) is 23.6. The third-order valence-corrected chi connectivity index (χ3v) is 3.82. The quantitative estimate of drug-likeness (QED) is 0.918. The summed E-state index contributed by atoms with van der Waals surface area (Å²) in [7, 11) is 1.98. The molecule has 2 unspecified atom stereocenters. The van der Waals surface area contributed by atoms with Crippen LogP contribution in [0.15, 0.2) is 18.3 Å². The first kappa shape index (κ1) is 15.3. The summed E-state index contributed by atoms with van der Waals surface area (Å²) in [5, 5.41) is 3.29. The zero-order valence-electron chi connectivity index (χ0n) is 13.3. The molecule has 0 aliphatic carbocycles. The van der Waals surface area contributed by atoms with E-state index in [1.807, 2.05) is 13.2 Å². The van der Waals surface area contributed by atoms with E-state index in [1.54, 1.807) is 0 Å². The smallest absolute Gasteiger partial charge is 0.0805 e. The second kappa shape index (κ2) is 6.10. The van der Waals surface area contributed by atoms with Crippen molar-refractivity contribution in [3.63, 3.8) is 0 Å². The van der Waals surface area contributed by atoms with Crippen LogP contribution in [0.3, 0.4) is 0 Å². The minimum absolute atomic E-state index is 0.104. The van der Waals surface area contributed by atoms with Gasteiger partial charge >= 0.3 is 0 Å². The molecule has 0 spiro atoms. The number of rotatable bonds is 4. The van der Waals surface area contributed by atoms with Crippen molar-refractivity contribution >= 4 is 5.69 Å². The highest BCUT2D eigenvalue weighted by molar-refractivity contribution is 5.46. The van der Waals surface area contributed by atoms with E-state index in [1.165, 1.54) is 5.69 Å². The molecule has 20 heavy (non-hydrogen) atoms. The SMILES string of the molecule is CCC(NC)c1ccc(N2CC(C)OC(C)(C)C2)cn1. The highest BCUT2D eigenvalue weighted by Crippen LogP contribution is 2.26. The van der Waals surface area contributed by atoms with Gasteiger partial charge in [-0.25, -0.2) is 0 Å². The van der Waals surface area contributed by atoms with Crippen LogP contribution in [0.2, 0.25) is 0 Å². The van der Waals surface area contributed by atoms with E-state index in [9.17, 15) is 0 Å². The molecule has 2 heterocycles. The summed E-state index contributed by atoms with van der Waals surface area (Å²) in [5.74, 6) is 0. The van der Waals surface area contributed by atoms with Gasteiger partial charge in [0.25, 0.3) is 0 Å². The number of nitrogens with one attached hydrogen (secondary N) is 1. The van der Waals surface area contributed by atoms with Crippen LogP contribution >= 0.6 is 0 Å². The summed E-state index contributed by atoms with van der Waals surface area (Å²) >= 11 is 0. The fourth-order valence-electron chi connectivity index (χ4n) is 3.00. The van der Waals surface area contributed by atoms with E-state index >= 15 is 0 Å². The van der Waals surface area contributed by atoms with Crippen molar-refractivity contribution in [3.8, 4) is 0 Å². The van der Waals surface area contributed by atoms with Gasteiger partial charge in [0.05, 0.1) is 29.3 Å². The lowest BCUT2D eigenvalue weighted by Gasteiger charge is -2.42. The maximum Gasteiger partial charge on any atom is 0.0805 e. The summed E-state index contributed by atoms with van der Waals surface area (Å²) in [6, 6.07) is 4.65. The monoisotopic (exact) mass is 277 g/mol. The Morgan fingerprint density at radius 1 is 1.50 bits per heavy atom. The van der Waals surface area contributed by atoms with Crippen molar-refractivity contribution < 1.29 is 4.74 Å². The highest BCUT2D eigenvalue weighted by atomic mass is 16.5. The third kappa shape index (κ3) is 3.49. The van der Waals surface area contributed by atoms with Crippen LogP contribution in [0.4, 0.5) is 5.69 Å². The number of hydrogen-bond donors (Lipinski definition) is 1. The molecule has 112 valence electrons. The molecule has 2 atom stereocenters. The van der Waals surface area contributed by atoms with Crippen LogP contribution in [-0.4, -0.2) is 36.8 Å². The van der Waals surface area contributed by atoms with Crippen molar-refractivity contribution in [1.82, 2.24) is 10.3 Å². The Kier molecular flexibility index (Phi) is 4.66. The van der Waals surface area contributed by atoms with Gasteiger partial charge < -0.3 is 15.0 Å². The average molecular weight is 277 g/mol. The van der Waals surface area contributed by atoms with Crippen LogP contribution in [-0.2, 0) is 4.74 Å². The second-order valence-corrected chi connectivity index (χ2v) is 6.26. The molecule has 0 bridgehead atoms. The lowest BCUT2D eigenvalue weighted by molar-refractivity contribution is -0.0749. The molecular weight excluding hydrogens is 250 g/mol. The lowest BCUT2D eigenvalue weighted by Crippen LogP contribution is -2.52. The van der Waals surface area contributed by atoms with E-state index in [-0.39, 0.29) is 11.7 Å². The van der Waals surface area contributed by atoms with Crippen LogP contribution in [0.25, 0.3) is 0 Å². The van der Waals surface area contributed by atoms with Gasteiger partial charge in [-0.2, -0.15) is 0 Å². The van der Waals surface area contributed by atoms with Crippen molar-refractivity contribution in [3.05, 3.63) is 24.0 Å². The predicted molar refractivity (Wildman–Crippen MR) is 83.2 cm³/mol. The first-order valence-electron chi connectivity index (χ1n) is 7.51. The number of aromatic nitrogens is 1. The Labute approximate surface area is 122 Å². The van der Waals surface area contributed by atoms with Crippen LogP contribution in [0.1, 0.15) is 45.9 Å². The van der Waals surface area contributed by atoms with E-state index in [0.717, 1.165) is 25.2 Å². The number of anilines is 1. The molecule has 1 N–H and O–H groups in total. The van der Waals surface area contributed by atoms with Crippen LogP contribution < -0.4 is 10.2 Å². The first-order valence-corrected chi connectivity index (χ1v) is 7.51. The standard InChI is InChI=1S/C16H27N3O/c1-6-14(17-5)15-8-7-13(9-18-15)19-10-12(2)20-16(3,4)11-19/h7-9,12,14,17H,6,10-11H2,1-5H3. The largest absolute Gasteiger partial charge is 0.369 e. The molecule has 0 amide bonds. The summed E-state index contributed by atoms with van der Waals surface area (Å²) in [4.78, 5) is 6.99. The third-order valence-electron chi connectivity index (χ3n) is 3.82. The molecule has 1 aromatic heterocycles. The van der Waals surface area contributed by atoms with Crippen LogP contribution in [0, 0.1) is 0 Å². The molecule has 1 fully saturated rings.